The molecular weight excluding hydrogens is 172 g/mol. The molecule has 1 aromatic carbocycles. The number of carbonyl (C=O) groups excluding carboxylic acids is 1. The minimum Gasteiger partial charge on any atom is -0.289 e. The third-order valence-electron chi connectivity index (χ3n) is 1.94. The van der Waals surface area contributed by atoms with E-state index in [4.69, 9.17) is 0 Å². The van der Waals surface area contributed by atoms with Gasteiger partial charge in [0.05, 0.1) is 0 Å². The van der Waals surface area contributed by atoms with E-state index in [0.717, 1.165) is 12.0 Å². The van der Waals surface area contributed by atoms with E-state index < -0.39 is 0 Å². The van der Waals surface area contributed by atoms with Gasteiger partial charge in [-0.3, -0.25) is 4.79 Å². The summed E-state index contributed by atoms with van der Waals surface area (Å²) in [5.74, 6) is 0.695. The molecule has 0 fully saturated rings. The third kappa shape index (κ3) is 3.56. The summed E-state index contributed by atoms with van der Waals surface area (Å²) in [5, 5.41) is 0. The number of hydrogen-bond donors (Lipinski definition) is 0. The molecule has 0 saturated carbocycles. The van der Waals surface area contributed by atoms with Crippen LogP contribution in [-0.4, -0.2) is 5.78 Å². The minimum atomic E-state index is 0.0891. The molecule has 0 radical (unpaired) electrons. The molecule has 0 saturated heterocycles. The number of benzene rings is 1. The molecule has 0 aliphatic heterocycles. The van der Waals surface area contributed by atoms with E-state index >= 15 is 0 Å². The minimum absolute atomic E-state index is 0.0891. The Balaban J connectivity index is 2.55. The van der Waals surface area contributed by atoms with Crippen molar-refractivity contribution >= 4 is 5.78 Å². The fourth-order valence-electron chi connectivity index (χ4n) is 1.15. The summed E-state index contributed by atoms with van der Waals surface area (Å²) in [5.41, 5.74) is 0.757. The van der Waals surface area contributed by atoms with Gasteiger partial charge in [0.1, 0.15) is 0 Å². The number of hydrogen-bond acceptors (Lipinski definition) is 1. The molecule has 0 heterocycles. The summed E-state index contributed by atoms with van der Waals surface area (Å²) in [6.45, 7) is 4.27. The Morgan fingerprint density at radius 3 is 2.50 bits per heavy atom. The predicted octanol–water partition coefficient (Wildman–Crippen LogP) is 3.47. The summed E-state index contributed by atoms with van der Waals surface area (Å²) in [4.78, 5) is 11.5. The SMILES string of the molecule is CC(C)CC=CC(=O)c1ccccc1. The highest BCUT2D eigenvalue weighted by molar-refractivity contribution is 6.04. The lowest BCUT2D eigenvalue weighted by Gasteiger charge is -1.97. The average molecular weight is 188 g/mol. The highest BCUT2D eigenvalue weighted by Crippen LogP contribution is 2.04. The maximum atomic E-state index is 11.5. The molecule has 0 aromatic heterocycles. The van der Waals surface area contributed by atoms with Gasteiger partial charge in [0, 0.05) is 5.56 Å². The fraction of sp³-hybridized carbons (Fsp3) is 0.308. The number of carbonyl (C=O) groups is 1. The van der Waals surface area contributed by atoms with Gasteiger partial charge in [-0.15, -0.1) is 0 Å². The highest BCUT2D eigenvalue weighted by atomic mass is 16.1. The Hall–Kier alpha value is -1.37. The van der Waals surface area contributed by atoms with Gasteiger partial charge in [0.2, 0.25) is 0 Å². The standard InChI is InChI=1S/C13H16O/c1-11(2)7-6-10-13(14)12-8-4-3-5-9-12/h3-6,8-11H,7H2,1-2H3. The Kier molecular flexibility index (Phi) is 4.11. The number of rotatable bonds is 4. The molecule has 0 bridgehead atoms. The van der Waals surface area contributed by atoms with Gasteiger partial charge >= 0.3 is 0 Å². The van der Waals surface area contributed by atoms with Crippen molar-refractivity contribution in [1.29, 1.82) is 0 Å². The summed E-state index contributed by atoms with van der Waals surface area (Å²) in [7, 11) is 0. The lowest BCUT2D eigenvalue weighted by molar-refractivity contribution is 0.104. The molecule has 1 aromatic rings. The molecular formula is C13H16O. The van der Waals surface area contributed by atoms with E-state index in [-0.39, 0.29) is 5.78 Å². The van der Waals surface area contributed by atoms with Crippen molar-refractivity contribution in [3.8, 4) is 0 Å². The lowest BCUT2D eigenvalue weighted by atomic mass is 10.1. The van der Waals surface area contributed by atoms with Crippen LogP contribution in [-0.2, 0) is 0 Å². The summed E-state index contributed by atoms with van der Waals surface area (Å²) >= 11 is 0. The molecule has 1 rings (SSSR count). The van der Waals surface area contributed by atoms with Crippen LogP contribution in [0.25, 0.3) is 0 Å². The van der Waals surface area contributed by atoms with E-state index in [0.29, 0.717) is 5.92 Å². The van der Waals surface area contributed by atoms with Gasteiger partial charge in [0.15, 0.2) is 5.78 Å². The Bertz CT molecular complexity index is 309. The molecule has 74 valence electrons. The van der Waals surface area contributed by atoms with Crippen LogP contribution in [0.3, 0.4) is 0 Å². The Labute approximate surface area is 85.5 Å². The Morgan fingerprint density at radius 2 is 1.93 bits per heavy atom. The van der Waals surface area contributed by atoms with Gasteiger partial charge in [-0.25, -0.2) is 0 Å². The van der Waals surface area contributed by atoms with Crippen LogP contribution in [0, 0.1) is 5.92 Å². The maximum Gasteiger partial charge on any atom is 0.185 e. The topological polar surface area (TPSA) is 17.1 Å². The molecule has 0 atom stereocenters. The van der Waals surface area contributed by atoms with Crippen molar-refractivity contribution in [3.05, 3.63) is 48.0 Å². The van der Waals surface area contributed by atoms with E-state index in [1.165, 1.54) is 0 Å². The van der Waals surface area contributed by atoms with Gasteiger partial charge in [-0.2, -0.15) is 0 Å². The normalized spacial score (nSPS) is 11.1. The summed E-state index contributed by atoms with van der Waals surface area (Å²) in [6.07, 6.45) is 4.56. The van der Waals surface area contributed by atoms with Crippen molar-refractivity contribution in [2.45, 2.75) is 20.3 Å². The second-order valence-corrected chi connectivity index (χ2v) is 3.76. The van der Waals surface area contributed by atoms with Crippen LogP contribution >= 0.6 is 0 Å². The van der Waals surface area contributed by atoms with Gasteiger partial charge in [-0.05, 0) is 18.4 Å². The van der Waals surface area contributed by atoms with Gasteiger partial charge in [-0.1, -0.05) is 50.3 Å². The molecule has 14 heavy (non-hydrogen) atoms. The van der Waals surface area contributed by atoms with Crippen molar-refractivity contribution in [1.82, 2.24) is 0 Å². The molecule has 0 amide bonds. The number of ketones is 1. The molecule has 1 heteroatoms. The smallest absolute Gasteiger partial charge is 0.185 e. The third-order valence-corrected chi connectivity index (χ3v) is 1.94. The zero-order valence-corrected chi connectivity index (χ0v) is 8.73. The largest absolute Gasteiger partial charge is 0.289 e. The first-order chi connectivity index (χ1) is 6.70. The zero-order valence-electron chi connectivity index (χ0n) is 8.73. The van der Waals surface area contributed by atoms with E-state index in [1.54, 1.807) is 6.08 Å². The zero-order chi connectivity index (χ0) is 10.4. The first kappa shape index (κ1) is 10.7. The average Bonchev–Trinajstić information content (AvgIpc) is 2.18. The number of allylic oxidation sites excluding steroid dienone is 2. The first-order valence-corrected chi connectivity index (χ1v) is 4.96. The van der Waals surface area contributed by atoms with Crippen molar-refractivity contribution in [2.75, 3.05) is 0 Å². The van der Waals surface area contributed by atoms with Crippen molar-refractivity contribution in [2.24, 2.45) is 5.92 Å². The van der Waals surface area contributed by atoms with Crippen LogP contribution < -0.4 is 0 Å². The molecule has 0 N–H and O–H groups in total. The van der Waals surface area contributed by atoms with E-state index in [9.17, 15) is 4.79 Å². The second-order valence-electron chi connectivity index (χ2n) is 3.76. The first-order valence-electron chi connectivity index (χ1n) is 4.96. The van der Waals surface area contributed by atoms with E-state index in [1.807, 2.05) is 36.4 Å². The second kappa shape index (κ2) is 5.38. The van der Waals surface area contributed by atoms with Crippen LogP contribution in [0.1, 0.15) is 30.6 Å². The predicted molar refractivity (Wildman–Crippen MR) is 59.4 cm³/mol. The summed E-state index contributed by atoms with van der Waals surface area (Å²) in [6, 6.07) is 9.34. The monoisotopic (exact) mass is 188 g/mol. The van der Waals surface area contributed by atoms with Crippen LogP contribution in [0.15, 0.2) is 42.5 Å². The van der Waals surface area contributed by atoms with Crippen LogP contribution in [0.2, 0.25) is 0 Å². The van der Waals surface area contributed by atoms with Crippen molar-refractivity contribution in [3.63, 3.8) is 0 Å². The quantitative estimate of drug-likeness (QED) is 0.522. The van der Waals surface area contributed by atoms with Gasteiger partial charge < -0.3 is 0 Å². The van der Waals surface area contributed by atoms with Crippen molar-refractivity contribution < 1.29 is 4.79 Å². The maximum absolute atomic E-state index is 11.5. The molecule has 0 aliphatic rings. The van der Waals surface area contributed by atoms with Crippen LogP contribution in [0.5, 0.6) is 0 Å². The van der Waals surface area contributed by atoms with Gasteiger partial charge in [0.25, 0.3) is 0 Å². The summed E-state index contributed by atoms with van der Waals surface area (Å²) < 4.78 is 0. The molecule has 0 spiro atoms. The van der Waals surface area contributed by atoms with Crippen LogP contribution in [0.4, 0.5) is 0 Å². The van der Waals surface area contributed by atoms with E-state index in [2.05, 4.69) is 13.8 Å². The lowest BCUT2D eigenvalue weighted by Crippen LogP contribution is -1.93. The fourth-order valence-corrected chi connectivity index (χ4v) is 1.15. The molecule has 1 nitrogen and oxygen atoms in total. The molecule has 0 aliphatic carbocycles. The molecule has 0 unspecified atom stereocenters. The highest BCUT2D eigenvalue weighted by Gasteiger charge is 1.98. The Morgan fingerprint density at radius 1 is 1.29 bits per heavy atom.